The second kappa shape index (κ2) is 6.21. The molecule has 0 bridgehead atoms. The predicted octanol–water partition coefficient (Wildman–Crippen LogP) is 1.12. The maximum Gasteiger partial charge on any atom is 0.251 e. The van der Waals surface area contributed by atoms with Gasteiger partial charge in [-0.3, -0.25) is 15.1 Å². The van der Waals surface area contributed by atoms with Crippen molar-refractivity contribution in [3.05, 3.63) is 0 Å². The maximum atomic E-state index is 11.7. The molecule has 0 saturated carbocycles. The van der Waals surface area contributed by atoms with Crippen molar-refractivity contribution in [1.29, 1.82) is 0 Å². The van der Waals surface area contributed by atoms with Crippen LogP contribution in [0.15, 0.2) is 0 Å². The quantitative estimate of drug-likeness (QED) is 0.430. The molecule has 0 aliphatic carbocycles. The molecule has 4 nitrogen and oxygen atoms in total. The Bertz CT molecular complexity index is 222. The Balaban J connectivity index is 2.57. The first-order valence-corrected chi connectivity index (χ1v) is 6.34. The molecule has 0 aromatic carbocycles. The summed E-state index contributed by atoms with van der Waals surface area (Å²) < 4.78 is 0. The van der Waals surface area contributed by atoms with Crippen molar-refractivity contribution in [1.82, 2.24) is 10.3 Å². The Hall–Kier alpha value is -0.610. The van der Waals surface area contributed by atoms with Crippen LogP contribution in [0.4, 0.5) is 0 Å². The van der Waals surface area contributed by atoms with Crippen LogP contribution in [0.2, 0.25) is 0 Å². The first-order valence-electron chi connectivity index (χ1n) is 6.34. The Labute approximate surface area is 98.5 Å². The van der Waals surface area contributed by atoms with Crippen molar-refractivity contribution in [2.45, 2.75) is 46.1 Å². The highest BCUT2D eigenvalue weighted by Crippen LogP contribution is 2.23. The topological polar surface area (TPSA) is 58.4 Å². The van der Waals surface area contributed by atoms with Crippen molar-refractivity contribution in [2.24, 2.45) is 17.7 Å². The average molecular weight is 227 g/mol. The van der Waals surface area contributed by atoms with Crippen molar-refractivity contribution in [3.63, 3.8) is 0 Å². The van der Waals surface area contributed by atoms with E-state index in [9.17, 15) is 4.79 Å². The number of amides is 1. The minimum atomic E-state index is -0.0668. The molecule has 1 amide bonds. The molecule has 1 unspecified atom stereocenters. The first kappa shape index (κ1) is 13.5. The highest BCUT2D eigenvalue weighted by molar-refractivity contribution is 5.81. The van der Waals surface area contributed by atoms with E-state index in [4.69, 9.17) is 5.84 Å². The number of likely N-dealkylation sites (tertiary alicyclic amines) is 1. The molecule has 1 atom stereocenters. The molecule has 1 fully saturated rings. The minimum absolute atomic E-state index is 0.0510. The molecule has 1 aliphatic heterocycles. The number of carbonyl (C=O) groups is 1. The first-order chi connectivity index (χ1) is 7.60. The molecule has 1 aliphatic rings. The van der Waals surface area contributed by atoms with E-state index in [0.717, 1.165) is 19.0 Å². The molecule has 0 aromatic rings. The smallest absolute Gasteiger partial charge is 0.251 e. The molecule has 0 radical (unpaired) electrons. The van der Waals surface area contributed by atoms with Gasteiger partial charge in [0.05, 0.1) is 6.04 Å². The maximum absolute atomic E-state index is 11.7. The van der Waals surface area contributed by atoms with Crippen molar-refractivity contribution < 1.29 is 4.79 Å². The summed E-state index contributed by atoms with van der Waals surface area (Å²) in [5.74, 6) is 6.34. The van der Waals surface area contributed by atoms with Gasteiger partial charge in [-0.25, -0.2) is 5.84 Å². The lowest BCUT2D eigenvalue weighted by Crippen LogP contribution is -2.53. The number of nitrogens with two attached hydrogens (primary N) is 1. The van der Waals surface area contributed by atoms with Crippen molar-refractivity contribution in [3.8, 4) is 0 Å². The third kappa shape index (κ3) is 3.19. The Morgan fingerprint density at radius 3 is 2.38 bits per heavy atom. The zero-order valence-corrected chi connectivity index (χ0v) is 10.7. The van der Waals surface area contributed by atoms with Crippen LogP contribution in [0, 0.1) is 11.8 Å². The number of rotatable bonds is 4. The third-order valence-electron chi connectivity index (χ3n) is 3.66. The molecule has 1 rings (SSSR count). The normalized spacial score (nSPS) is 21.1. The molecule has 94 valence electrons. The molecular weight excluding hydrogens is 202 g/mol. The molecular formula is C12H25N3O. The lowest BCUT2D eigenvalue weighted by atomic mass is 9.91. The van der Waals surface area contributed by atoms with Gasteiger partial charge in [0.2, 0.25) is 0 Å². The van der Waals surface area contributed by atoms with Crippen LogP contribution in [0.25, 0.3) is 0 Å². The Morgan fingerprint density at radius 1 is 1.44 bits per heavy atom. The third-order valence-corrected chi connectivity index (χ3v) is 3.66. The van der Waals surface area contributed by atoms with Crippen LogP contribution in [0.5, 0.6) is 0 Å². The SMILES string of the molecule is CCC1CCN(C(C(=O)NN)C(C)C)CC1. The summed E-state index contributed by atoms with van der Waals surface area (Å²) in [6.07, 6.45) is 3.67. The van der Waals surface area contributed by atoms with E-state index in [1.54, 1.807) is 0 Å². The average Bonchev–Trinajstić information content (AvgIpc) is 2.29. The second-order valence-corrected chi connectivity index (χ2v) is 5.09. The summed E-state index contributed by atoms with van der Waals surface area (Å²) in [6.45, 7) is 8.44. The van der Waals surface area contributed by atoms with Gasteiger partial charge < -0.3 is 0 Å². The van der Waals surface area contributed by atoms with Gasteiger partial charge >= 0.3 is 0 Å². The van der Waals surface area contributed by atoms with Gasteiger partial charge in [0, 0.05) is 0 Å². The lowest BCUT2D eigenvalue weighted by molar-refractivity contribution is -0.128. The fraction of sp³-hybridized carbons (Fsp3) is 0.917. The minimum Gasteiger partial charge on any atom is -0.293 e. The molecule has 16 heavy (non-hydrogen) atoms. The van der Waals surface area contributed by atoms with Gasteiger partial charge in [0.15, 0.2) is 0 Å². The van der Waals surface area contributed by atoms with E-state index in [2.05, 4.69) is 31.1 Å². The molecule has 4 heteroatoms. The monoisotopic (exact) mass is 227 g/mol. The highest BCUT2D eigenvalue weighted by atomic mass is 16.2. The molecule has 0 aromatic heterocycles. The molecule has 3 N–H and O–H groups in total. The van der Waals surface area contributed by atoms with Crippen LogP contribution in [0.3, 0.4) is 0 Å². The van der Waals surface area contributed by atoms with Gasteiger partial charge in [-0.1, -0.05) is 27.2 Å². The largest absolute Gasteiger partial charge is 0.293 e. The number of hydrogen-bond donors (Lipinski definition) is 2. The van der Waals surface area contributed by atoms with Crippen molar-refractivity contribution >= 4 is 5.91 Å². The van der Waals surface area contributed by atoms with Gasteiger partial charge in [-0.15, -0.1) is 0 Å². The van der Waals surface area contributed by atoms with E-state index < -0.39 is 0 Å². The highest BCUT2D eigenvalue weighted by Gasteiger charge is 2.31. The van der Waals surface area contributed by atoms with Crippen molar-refractivity contribution in [2.75, 3.05) is 13.1 Å². The number of nitrogens with one attached hydrogen (secondary N) is 1. The van der Waals surface area contributed by atoms with E-state index in [0.29, 0.717) is 5.92 Å². The fourth-order valence-corrected chi connectivity index (χ4v) is 2.61. The Morgan fingerprint density at radius 2 is 2.00 bits per heavy atom. The predicted molar refractivity (Wildman–Crippen MR) is 65.5 cm³/mol. The number of piperidine rings is 1. The lowest BCUT2D eigenvalue weighted by Gasteiger charge is -2.38. The summed E-state index contributed by atoms with van der Waals surface area (Å²) >= 11 is 0. The van der Waals surface area contributed by atoms with E-state index in [1.165, 1.54) is 19.3 Å². The second-order valence-electron chi connectivity index (χ2n) is 5.09. The van der Waals surface area contributed by atoms with Gasteiger partial charge in [-0.05, 0) is 37.8 Å². The Kier molecular flexibility index (Phi) is 5.22. The summed E-state index contributed by atoms with van der Waals surface area (Å²) in [5.41, 5.74) is 2.29. The number of carbonyl (C=O) groups excluding carboxylic acids is 1. The van der Waals surface area contributed by atoms with Gasteiger partial charge in [-0.2, -0.15) is 0 Å². The zero-order valence-electron chi connectivity index (χ0n) is 10.7. The van der Waals surface area contributed by atoms with E-state index in [1.807, 2.05) is 0 Å². The van der Waals surface area contributed by atoms with Crippen LogP contribution in [0.1, 0.15) is 40.0 Å². The van der Waals surface area contributed by atoms with Crippen LogP contribution in [-0.4, -0.2) is 29.9 Å². The summed E-state index contributed by atoms with van der Waals surface area (Å²) in [5, 5.41) is 0. The molecule has 1 saturated heterocycles. The van der Waals surface area contributed by atoms with Gasteiger partial charge in [0.25, 0.3) is 5.91 Å². The van der Waals surface area contributed by atoms with Crippen LogP contribution >= 0.6 is 0 Å². The summed E-state index contributed by atoms with van der Waals surface area (Å²) in [4.78, 5) is 14.0. The zero-order chi connectivity index (χ0) is 12.1. The fourth-order valence-electron chi connectivity index (χ4n) is 2.61. The number of hydrogen-bond acceptors (Lipinski definition) is 3. The standard InChI is InChI=1S/C12H25N3O/c1-4-10-5-7-15(8-6-10)11(9(2)3)12(16)14-13/h9-11H,4-8,13H2,1-3H3,(H,14,16). The van der Waals surface area contributed by atoms with E-state index in [-0.39, 0.29) is 11.9 Å². The number of hydrazine groups is 1. The molecule has 1 heterocycles. The van der Waals surface area contributed by atoms with E-state index >= 15 is 0 Å². The molecule has 0 spiro atoms. The summed E-state index contributed by atoms with van der Waals surface area (Å²) in [6, 6.07) is -0.0668. The van der Waals surface area contributed by atoms with Gasteiger partial charge in [0.1, 0.15) is 0 Å². The van der Waals surface area contributed by atoms with Crippen LogP contribution in [-0.2, 0) is 4.79 Å². The number of nitrogens with zero attached hydrogens (tertiary/aromatic N) is 1. The summed E-state index contributed by atoms with van der Waals surface area (Å²) in [7, 11) is 0. The van der Waals surface area contributed by atoms with Crippen LogP contribution < -0.4 is 11.3 Å².